The van der Waals surface area contributed by atoms with Crippen LogP contribution in [0.4, 0.5) is 5.69 Å². The van der Waals surface area contributed by atoms with Gasteiger partial charge < -0.3 is 10.0 Å². The van der Waals surface area contributed by atoms with Crippen LogP contribution in [0.25, 0.3) is 0 Å². The zero-order chi connectivity index (χ0) is 12.7. The Hall–Kier alpha value is -1.79. The lowest BCUT2D eigenvalue weighted by Crippen LogP contribution is -2.24. The molecule has 0 aliphatic heterocycles. The van der Waals surface area contributed by atoms with Crippen molar-refractivity contribution in [1.29, 1.82) is 5.26 Å². The van der Waals surface area contributed by atoms with Crippen molar-refractivity contribution in [2.75, 3.05) is 18.0 Å². The van der Waals surface area contributed by atoms with Gasteiger partial charge in [0.15, 0.2) is 0 Å². The summed E-state index contributed by atoms with van der Waals surface area (Å²) in [6.45, 7) is 7.41. The minimum Gasteiger partial charge on any atom is -0.392 e. The molecule has 0 saturated carbocycles. The first-order chi connectivity index (χ1) is 8.26. The van der Waals surface area contributed by atoms with Crippen LogP contribution >= 0.6 is 0 Å². The Bertz CT molecular complexity index is 421. The van der Waals surface area contributed by atoms with E-state index in [1.807, 2.05) is 18.2 Å². The van der Waals surface area contributed by atoms with Gasteiger partial charge in [-0.15, -0.1) is 6.58 Å². The highest BCUT2D eigenvalue weighted by molar-refractivity contribution is 5.60. The molecule has 0 radical (unpaired) electrons. The molecule has 90 valence electrons. The standard InChI is InChI=1S/C14H18N2O/c1-3-7-16(8-4-2)14-6-5-12(11-17)9-13(14)10-15/h3,5-6,9,17H,1,4,7-8,11H2,2H3. The number of aliphatic hydroxyl groups is 1. The fraction of sp³-hybridized carbons (Fsp3) is 0.357. The van der Waals surface area contributed by atoms with Gasteiger partial charge in [-0.2, -0.15) is 5.26 Å². The Morgan fingerprint density at radius 1 is 1.53 bits per heavy atom. The van der Waals surface area contributed by atoms with Gasteiger partial charge in [-0.05, 0) is 24.1 Å². The summed E-state index contributed by atoms with van der Waals surface area (Å²) in [4.78, 5) is 2.12. The lowest BCUT2D eigenvalue weighted by atomic mass is 10.1. The normalized spacial score (nSPS) is 9.71. The third-order valence-corrected chi connectivity index (χ3v) is 2.55. The number of rotatable bonds is 6. The van der Waals surface area contributed by atoms with E-state index in [4.69, 9.17) is 10.4 Å². The van der Waals surface area contributed by atoms with Gasteiger partial charge in [-0.1, -0.05) is 19.1 Å². The molecule has 1 rings (SSSR count). The van der Waals surface area contributed by atoms with E-state index in [9.17, 15) is 0 Å². The van der Waals surface area contributed by atoms with E-state index < -0.39 is 0 Å². The fourth-order valence-corrected chi connectivity index (χ4v) is 1.78. The minimum absolute atomic E-state index is 0.0375. The van der Waals surface area contributed by atoms with Gasteiger partial charge >= 0.3 is 0 Å². The van der Waals surface area contributed by atoms with Crippen LogP contribution in [0.3, 0.4) is 0 Å². The number of nitriles is 1. The molecular weight excluding hydrogens is 212 g/mol. The Kier molecular flexibility index (Phi) is 5.25. The van der Waals surface area contributed by atoms with Gasteiger partial charge in [0.05, 0.1) is 17.9 Å². The molecule has 3 heteroatoms. The van der Waals surface area contributed by atoms with Crippen LogP contribution in [0.1, 0.15) is 24.5 Å². The summed E-state index contributed by atoms with van der Waals surface area (Å²) >= 11 is 0. The number of aliphatic hydroxyl groups excluding tert-OH is 1. The molecular formula is C14H18N2O. The smallest absolute Gasteiger partial charge is 0.101 e. The van der Waals surface area contributed by atoms with Crippen LogP contribution in [0.5, 0.6) is 0 Å². The summed E-state index contributed by atoms with van der Waals surface area (Å²) < 4.78 is 0. The molecule has 0 saturated heterocycles. The van der Waals surface area contributed by atoms with Gasteiger partial charge in [0, 0.05) is 13.1 Å². The van der Waals surface area contributed by atoms with Crippen LogP contribution in [-0.2, 0) is 6.61 Å². The van der Waals surface area contributed by atoms with E-state index in [2.05, 4.69) is 24.5 Å². The molecule has 1 aromatic carbocycles. The Labute approximate surface area is 103 Å². The number of anilines is 1. The first kappa shape index (κ1) is 13.3. The molecule has 0 aromatic heterocycles. The van der Waals surface area contributed by atoms with E-state index in [0.717, 1.165) is 30.8 Å². The van der Waals surface area contributed by atoms with Crippen molar-refractivity contribution in [2.45, 2.75) is 20.0 Å². The molecule has 0 aliphatic carbocycles. The summed E-state index contributed by atoms with van der Waals surface area (Å²) in [5.41, 5.74) is 2.28. The molecule has 0 unspecified atom stereocenters. The SMILES string of the molecule is C=CCN(CCC)c1ccc(CO)cc1C#N. The van der Waals surface area contributed by atoms with E-state index in [0.29, 0.717) is 5.56 Å². The third-order valence-electron chi connectivity index (χ3n) is 2.55. The topological polar surface area (TPSA) is 47.3 Å². The zero-order valence-corrected chi connectivity index (χ0v) is 10.2. The number of hydrogen-bond donors (Lipinski definition) is 1. The van der Waals surface area contributed by atoms with Crippen LogP contribution < -0.4 is 4.90 Å². The minimum atomic E-state index is -0.0375. The van der Waals surface area contributed by atoms with Gasteiger partial charge in [0.25, 0.3) is 0 Å². The van der Waals surface area contributed by atoms with Gasteiger partial charge in [-0.3, -0.25) is 0 Å². The van der Waals surface area contributed by atoms with Crippen LogP contribution in [0.15, 0.2) is 30.9 Å². The Balaban J connectivity index is 3.09. The van der Waals surface area contributed by atoms with Gasteiger partial charge in [0.1, 0.15) is 6.07 Å². The Morgan fingerprint density at radius 3 is 2.82 bits per heavy atom. The maximum absolute atomic E-state index is 9.14. The highest BCUT2D eigenvalue weighted by atomic mass is 16.3. The predicted molar refractivity (Wildman–Crippen MR) is 69.8 cm³/mol. The number of benzene rings is 1. The van der Waals surface area contributed by atoms with Crippen LogP contribution in [0, 0.1) is 11.3 Å². The van der Waals surface area contributed by atoms with E-state index in [1.54, 1.807) is 6.07 Å². The van der Waals surface area contributed by atoms with Crippen molar-refractivity contribution >= 4 is 5.69 Å². The first-order valence-corrected chi connectivity index (χ1v) is 5.76. The lowest BCUT2D eigenvalue weighted by Gasteiger charge is -2.24. The van der Waals surface area contributed by atoms with E-state index in [-0.39, 0.29) is 6.61 Å². The van der Waals surface area contributed by atoms with Crippen molar-refractivity contribution in [3.05, 3.63) is 42.0 Å². The second-order valence-corrected chi connectivity index (χ2v) is 3.86. The third kappa shape index (κ3) is 3.33. The molecule has 1 N–H and O–H groups in total. The summed E-state index contributed by atoms with van der Waals surface area (Å²) in [5.74, 6) is 0. The molecule has 1 aromatic rings. The van der Waals surface area contributed by atoms with Gasteiger partial charge in [0.2, 0.25) is 0 Å². The highest BCUT2D eigenvalue weighted by Gasteiger charge is 2.09. The van der Waals surface area contributed by atoms with E-state index >= 15 is 0 Å². The molecule has 0 atom stereocenters. The van der Waals surface area contributed by atoms with Crippen molar-refractivity contribution < 1.29 is 5.11 Å². The lowest BCUT2D eigenvalue weighted by molar-refractivity contribution is 0.282. The first-order valence-electron chi connectivity index (χ1n) is 5.76. The van der Waals surface area contributed by atoms with Crippen molar-refractivity contribution in [2.24, 2.45) is 0 Å². The summed E-state index contributed by atoms with van der Waals surface area (Å²) in [6, 6.07) is 7.66. The van der Waals surface area contributed by atoms with E-state index in [1.165, 1.54) is 0 Å². The quantitative estimate of drug-likeness (QED) is 0.764. The number of hydrogen-bond acceptors (Lipinski definition) is 3. The van der Waals surface area contributed by atoms with Crippen LogP contribution in [0.2, 0.25) is 0 Å². The second-order valence-electron chi connectivity index (χ2n) is 3.86. The second kappa shape index (κ2) is 6.72. The largest absolute Gasteiger partial charge is 0.392 e. The number of nitrogens with zero attached hydrogens (tertiary/aromatic N) is 2. The zero-order valence-electron chi connectivity index (χ0n) is 10.2. The molecule has 0 heterocycles. The fourth-order valence-electron chi connectivity index (χ4n) is 1.78. The van der Waals surface area contributed by atoms with Crippen molar-refractivity contribution in [1.82, 2.24) is 0 Å². The molecule has 0 amide bonds. The summed E-state index contributed by atoms with van der Waals surface area (Å²) in [7, 11) is 0. The molecule has 0 spiro atoms. The van der Waals surface area contributed by atoms with Crippen molar-refractivity contribution in [3.8, 4) is 6.07 Å². The highest BCUT2D eigenvalue weighted by Crippen LogP contribution is 2.21. The summed E-state index contributed by atoms with van der Waals surface area (Å²) in [6.07, 6.45) is 2.84. The molecule has 0 bridgehead atoms. The molecule has 17 heavy (non-hydrogen) atoms. The summed E-state index contributed by atoms with van der Waals surface area (Å²) in [5, 5.41) is 18.2. The average Bonchev–Trinajstić information content (AvgIpc) is 2.37. The maximum atomic E-state index is 9.14. The predicted octanol–water partition coefficient (Wildman–Crippen LogP) is 2.45. The molecule has 0 aliphatic rings. The Morgan fingerprint density at radius 2 is 2.29 bits per heavy atom. The average molecular weight is 230 g/mol. The maximum Gasteiger partial charge on any atom is 0.101 e. The molecule has 0 fully saturated rings. The monoisotopic (exact) mass is 230 g/mol. The molecule has 3 nitrogen and oxygen atoms in total. The van der Waals surface area contributed by atoms with Gasteiger partial charge in [-0.25, -0.2) is 0 Å². The van der Waals surface area contributed by atoms with Crippen LogP contribution in [-0.4, -0.2) is 18.2 Å². The van der Waals surface area contributed by atoms with Crippen molar-refractivity contribution in [3.63, 3.8) is 0 Å².